The molecule has 2 rings (SSSR count). The number of carbonyl (C=O) groups excluding carboxylic acids is 1. The summed E-state index contributed by atoms with van der Waals surface area (Å²) in [5.41, 5.74) is 7.78. The van der Waals surface area contributed by atoms with Crippen LogP contribution in [0.2, 0.25) is 0 Å². The van der Waals surface area contributed by atoms with E-state index in [9.17, 15) is 4.79 Å². The Kier molecular flexibility index (Phi) is 4.24. The molecule has 0 bridgehead atoms. The van der Waals surface area contributed by atoms with Crippen molar-refractivity contribution in [1.82, 2.24) is 14.7 Å². The molecule has 2 aromatic rings. The van der Waals surface area contributed by atoms with E-state index in [1.807, 2.05) is 16.9 Å². The van der Waals surface area contributed by atoms with Gasteiger partial charge in [0.1, 0.15) is 0 Å². The maximum atomic E-state index is 12.1. The lowest BCUT2D eigenvalue weighted by molar-refractivity contribution is 0.0828. The average Bonchev–Trinajstić information content (AvgIpc) is 2.91. The number of anilines is 2. The molecule has 3 N–H and O–H groups in total. The minimum atomic E-state index is -0.0495. The lowest BCUT2D eigenvalue weighted by Gasteiger charge is -2.16. The topological polar surface area (TPSA) is 76.2 Å². The zero-order valence-corrected chi connectivity index (χ0v) is 11.7. The number of nitrogens with one attached hydrogen (secondary N) is 1. The summed E-state index contributed by atoms with van der Waals surface area (Å²) in [5, 5.41) is 7.37. The van der Waals surface area contributed by atoms with Crippen LogP contribution in [0.25, 0.3) is 0 Å². The zero-order valence-electron chi connectivity index (χ0n) is 11.7. The fraction of sp³-hybridized carbons (Fsp3) is 0.286. The second-order valence-electron chi connectivity index (χ2n) is 4.70. The summed E-state index contributed by atoms with van der Waals surface area (Å²) >= 11 is 0. The van der Waals surface area contributed by atoms with Gasteiger partial charge in [-0.25, -0.2) is 0 Å². The number of aromatic nitrogens is 2. The van der Waals surface area contributed by atoms with Gasteiger partial charge in [-0.3, -0.25) is 9.48 Å². The van der Waals surface area contributed by atoms with Gasteiger partial charge in [0.2, 0.25) is 0 Å². The molecule has 0 atom stereocenters. The molecule has 0 unspecified atom stereocenters. The van der Waals surface area contributed by atoms with E-state index in [1.165, 1.54) is 0 Å². The van der Waals surface area contributed by atoms with Crippen molar-refractivity contribution in [3.8, 4) is 0 Å². The number of nitrogen functional groups attached to an aromatic ring is 1. The normalized spacial score (nSPS) is 10.3. The molecule has 106 valence electrons. The Morgan fingerprint density at radius 2 is 2.25 bits per heavy atom. The van der Waals surface area contributed by atoms with E-state index in [4.69, 9.17) is 5.73 Å². The molecule has 20 heavy (non-hydrogen) atoms. The molecule has 0 aliphatic rings. The number of nitrogens with zero attached hydrogens (tertiary/aromatic N) is 3. The Hall–Kier alpha value is -2.50. The molecule has 1 heterocycles. The van der Waals surface area contributed by atoms with E-state index in [2.05, 4.69) is 10.4 Å². The highest BCUT2D eigenvalue weighted by Gasteiger charge is 2.13. The summed E-state index contributed by atoms with van der Waals surface area (Å²) in [7, 11) is 3.46. The minimum absolute atomic E-state index is 0.0495. The van der Waals surface area contributed by atoms with Gasteiger partial charge >= 0.3 is 0 Å². The molecule has 6 heteroatoms. The van der Waals surface area contributed by atoms with Crippen molar-refractivity contribution in [1.29, 1.82) is 0 Å². The average molecular weight is 273 g/mol. The lowest BCUT2D eigenvalue weighted by atomic mass is 10.1. The fourth-order valence-corrected chi connectivity index (χ4v) is 1.87. The number of carbonyl (C=O) groups is 1. The first-order chi connectivity index (χ1) is 9.58. The summed E-state index contributed by atoms with van der Waals surface area (Å²) in [6.07, 6.45) is 3.63. The molecule has 1 aromatic carbocycles. The molecule has 0 aliphatic carbocycles. The largest absolute Gasteiger partial charge is 0.399 e. The van der Waals surface area contributed by atoms with Gasteiger partial charge in [0, 0.05) is 44.4 Å². The standard InChI is InChI=1S/C14H19N5O/c1-18(2)14(20)12-5-4-11(15)10-13(12)16-7-9-19-8-3-6-17-19/h3-6,8,10,16H,7,9,15H2,1-2H3. The van der Waals surface area contributed by atoms with Crippen molar-refractivity contribution in [3.05, 3.63) is 42.2 Å². The molecular weight excluding hydrogens is 254 g/mol. The van der Waals surface area contributed by atoms with Crippen LogP contribution in [0.3, 0.4) is 0 Å². The third kappa shape index (κ3) is 3.28. The van der Waals surface area contributed by atoms with E-state index in [1.54, 1.807) is 43.4 Å². The smallest absolute Gasteiger partial charge is 0.255 e. The van der Waals surface area contributed by atoms with Gasteiger partial charge in [-0.1, -0.05) is 0 Å². The Labute approximate surface area is 118 Å². The maximum Gasteiger partial charge on any atom is 0.255 e. The highest BCUT2D eigenvalue weighted by Crippen LogP contribution is 2.20. The van der Waals surface area contributed by atoms with E-state index >= 15 is 0 Å². The van der Waals surface area contributed by atoms with Crippen LogP contribution in [-0.4, -0.2) is 41.2 Å². The van der Waals surface area contributed by atoms with E-state index < -0.39 is 0 Å². The minimum Gasteiger partial charge on any atom is -0.399 e. The van der Waals surface area contributed by atoms with E-state index in [0.29, 0.717) is 17.8 Å². The Balaban J connectivity index is 2.09. The van der Waals surface area contributed by atoms with Crippen molar-refractivity contribution in [2.45, 2.75) is 6.54 Å². The Morgan fingerprint density at radius 1 is 1.45 bits per heavy atom. The summed E-state index contributed by atoms with van der Waals surface area (Å²) in [5.74, 6) is -0.0495. The molecule has 0 saturated heterocycles. The molecular formula is C14H19N5O. The summed E-state index contributed by atoms with van der Waals surface area (Å²) in [6, 6.07) is 7.13. The zero-order chi connectivity index (χ0) is 14.5. The number of benzene rings is 1. The first-order valence-electron chi connectivity index (χ1n) is 6.40. The SMILES string of the molecule is CN(C)C(=O)c1ccc(N)cc1NCCn1cccn1. The Morgan fingerprint density at radius 3 is 2.90 bits per heavy atom. The Bertz CT molecular complexity index is 577. The molecule has 1 amide bonds. The highest BCUT2D eigenvalue weighted by molar-refractivity contribution is 5.99. The molecule has 0 aliphatic heterocycles. The van der Waals surface area contributed by atoms with Crippen LogP contribution in [0.4, 0.5) is 11.4 Å². The predicted molar refractivity (Wildman–Crippen MR) is 79.6 cm³/mol. The van der Waals surface area contributed by atoms with Gasteiger partial charge in [-0.15, -0.1) is 0 Å². The van der Waals surface area contributed by atoms with Gasteiger partial charge < -0.3 is 16.0 Å². The summed E-state index contributed by atoms with van der Waals surface area (Å²) < 4.78 is 1.83. The maximum absolute atomic E-state index is 12.1. The fourth-order valence-electron chi connectivity index (χ4n) is 1.87. The van der Waals surface area contributed by atoms with Crippen LogP contribution in [0.1, 0.15) is 10.4 Å². The van der Waals surface area contributed by atoms with Crippen LogP contribution in [0.15, 0.2) is 36.7 Å². The summed E-state index contributed by atoms with van der Waals surface area (Å²) in [6.45, 7) is 1.39. The second-order valence-corrected chi connectivity index (χ2v) is 4.70. The quantitative estimate of drug-likeness (QED) is 0.805. The van der Waals surface area contributed by atoms with Gasteiger partial charge in [-0.05, 0) is 24.3 Å². The van der Waals surface area contributed by atoms with Crippen molar-refractivity contribution < 1.29 is 4.79 Å². The van der Waals surface area contributed by atoms with Crippen LogP contribution in [-0.2, 0) is 6.54 Å². The van der Waals surface area contributed by atoms with Gasteiger partial charge in [-0.2, -0.15) is 5.10 Å². The number of rotatable bonds is 5. The van der Waals surface area contributed by atoms with Crippen molar-refractivity contribution in [2.75, 3.05) is 31.7 Å². The van der Waals surface area contributed by atoms with Crippen molar-refractivity contribution in [3.63, 3.8) is 0 Å². The molecule has 0 radical (unpaired) electrons. The molecule has 6 nitrogen and oxygen atoms in total. The molecule has 1 aromatic heterocycles. The molecule has 0 saturated carbocycles. The third-order valence-electron chi connectivity index (χ3n) is 2.90. The third-order valence-corrected chi connectivity index (χ3v) is 2.90. The van der Waals surface area contributed by atoms with Crippen molar-refractivity contribution in [2.24, 2.45) is 0 Å². The second kappa shape index (κ2) is 6.10. The molecule has 0 fully saturated rings. The van der Waals surface area contributed by atoms with Crippen LogP contribution in [0.5, 0.6) is 0 Å². The number of amides is 1. The summed E-state index contributed by atoms with van der Waals surface area (Å²) in [4.78, 5) is 13.6. The monoisotopic (exact) mass is 273 g/mol. The number of hydrogen-bond donors (Lipinski definition) is 2. The lowest BCUT2D eigenvalue weighted by Crippen LogP contribution is -2.23. The highest BCUT2D eigenvalue weighted by atomic mass is 16.2. The number of hydrogen-bond acceptors (Lipinski definition) is 4. The van der Waals surface area contributed by atoms with Crippen LogP contribution in [0, 0.1) is 0 Å². The predicted octanol–water partition coefficient (Wildman–Crippen LogP) is 1.28. The van der Waals surface area contributed by atoms with Crippen LogP contribution < -0.4 is 11.1 Å². The molecule has 0 spiro atoms. The van der Waals surface area contributed by atoms with Gasteiger partial charge in [0.05, 0.1) is 12.1 Å². The van der Waals surface area contributed by atoms with Gasteiger partial charge in [0.15, 0.2) is 0 Å². The first-order valence-corrected chi connectivity index (χ1v) is 6.40. The van der Waals surface area contributed by atoms with E-state index in [-0.39, 0.29) is 5.91 Å². The van der Waals surface area contributed by atoms with E-state index in [0.717, 1.165) is 12.2 Å². The first kappa shape index (κ1) is 13.9. The van der Waals surface area contributed by atoms with Crippen molar-refractivity contribution >= 4 is 17.3 Å². The van der Waals surface area contributed by atoms with Crippen LogP contribution >= 0.6 is 0 Å². The van der Waals surface area contributed by atoms with Gasteiger partial charge in [0.25, 0.3) is 5.91 Å². The number of nitrogens with two attached hydrogens (primary N) is 1.